The van der Waals surface area contributed by atoms with Crippen LogP contribution in [-0.2, 0) is 4.79 Å². The quantitative estimate of drug-likeness (QED) is 0.816. The molecule has 1 amide bonds. The SMILES string of the molecule is CNC1C(=O)N(CC2CCCC2)CCCC1C. The van der Waals surface area contributed by atoms with Gasteiger partial charge in [-0.15, -0.1) is 0 Å². The fourth-order valence-corrected chi connectivity index (χ4v) is 3.41. The molecule has 1 aliphatic carbocycles. The molecule has 98 valence electrons. The lowest BCUT2D eigenvalue weighted by atomic mass is 9.97. The maximum atomic E-state index is 12.4. The molecule has 1 N–H and O–H groups in total. The highest BCUT2D eigenvalue weighted by Crippen LogP contribution is 2.27. The highest BCUT2D eigenvalue weighted by molar-refractivity contribution is 5.82. The summed E-state index contributed by atoms with van der Waals surface area (Å²) in [5.41, 5.74) is 0. The Kier molecular flexibility index (Phi) is 4.43. The van der Waals surface area contributed by atoms with Crippen LogP contribution in [0.25, 0.3) is 0 Å². The predicted molar refractivity (Wildman–Crippen MR) is 69.8 cm³/mol. The van der Waals surface area contributed by atoms with Crippen molar-refractivity contribution in [2.45, 2.75) is 51.5 Å². The molecular formula is C14H26N2O. The van der Waals surface area contributed by atoms with E-state index < -0.39 is 0 Å². The van der Waals surface area contributed by atoms with Crippen molar-refractivity contribution in [3.8, 4) is 0 Å². The number of hydrogen-bond donors (Lipinski definition) is 1. The molecule has 0 radical (unpaired) electrons. The Balaban J connectivity index is 1.97. The number of carbonyl (C=O) groups is 1. The molecule has 0 spiro atoms. The van der Waals surface area contributed by atoms with E-state index in [1.165, 1.54) is 32.1 Å². The van der Waals surface area contributed by atoms with Crippen LogP contribution >= 0.6 is 0 Å². The first-order chi connectivity index (χ1) is 8.22. The van der Waals surface area contributed by atoms with E-state index >= 15 is 0 Å². The van der Waals surface area contributed by atoms with Crippen molar-refractivity contribution in [2.24, 2.45) is 11.8 Å². The Bertz CT molecular complexity index is 261. The Morgan fingerprint density at radius 3 is 2.59 bits per heavy atom. The third-order valence-corrected chi connectivity index (χ3v) is 4.50. The van der Waals surface area contributed by atoms with Crippen LogP contribution < -0.4 is 5.32 Å². The Labute approximate surface area is 105 Å². The maximum absolute atomic E-state index is 12.4. The Morgan fingerprint density at radius 2 is 1.94 bits per heavy atom. The number of hydrogen-bond acceptors (Lipinski definition) is 2. The van der Waals surface area contributed by atoms with Gasteiger partial charge in [-0.1, -0.05) is 19.8 Å². The molecule has 17 heavy (non-hydrogen) atoms. The van der Waals surface area contributed by atoms with E-state index in [9.17, 15) is 4.79 Å². The van der Waals surface area contributed by atoms with E-state index in [1.807, 2.05) is 7.05 Å². The van der Waals surface area contributed by atoms with E-state index in [0.29, 0.717) is 11.8 Å². The molecule has 1 aliphatic heterocycles. The first-order valence-electron chi connectivity index (χ1n) is 7.18. The van der Waals surface area contributed by atoms with Gasteiger partial charge in [-0.05, 0) is 44.6 Å². The van der Waals surface area contributed by atoms with Gasteiger partial charge in [0.25, 0.3) is 0 Å². The molecule has 1 heterocycles. The maximum Gasteiger partial charge on any atom is 0.239 e. The zero-order chi connectivity index (χ0) is 12.3. The van der Waals surface area contributed by atoms with Gasteiger partial charge in [0, 0.05) is 13.1 Å². The summed E-state index contributed by atoms with van der Waals surface area (Å²) in [7, 11) is 1.91. The summed E-state index contributed by atoms with van der Waals surface area (Å²) in [6.07, 6.45) is 7.69. The van der Waals surface area contributed by atoms with Crippen molar-refractivity contribution in [1.29, 1.82) is 0 Å². The van der Waals surface area contributed by atoms with Crippen LogP contribution in [0.1, 0.15) is 45.4 Å². The van der Waals surface area contributed by atoms with Gasteiger partial charge in [-0.2, -0.15) is 0 Å². The molecule has 1 saturated heterocycles. The van der Waals surface area contributed by atoms with E-state index in [0.717, 1.165) is 25.4 Å². The number of likely N-dealkylation sites (N-methyl/N-ethyl adjacent to an activating group) is 1. The fourth-order valence-electron chi connectivity index (χ4n) is 3.41. The second kappa shape index (κ2) is 5.85. The van der Waals surface area contributed by atoms with Gasteiger partial charge in [0.15, 0.2) is 0 Å². The minimum absolute atomic E-state index is 0.0407. The molecule has 0 aromatic rings. The van der Waals surface area contributed by atoms with Gasteiger partial charge >= 0.3 is 0 Å². The van der Waals surface area contributed by atoms with Crippen LogP contribution in [-0.4, -0.2) is 37.0 Å². The van der Waals surface area contributed by atoms with Crippen molar-refractivity contribution in [1.82, 2.24) is 10.2 Å². The van der Waals surface area contributed by atoms with Crippen molar-refractivity contribution in [3.63, 3.8) is 0 Å². The molecule has 0 aromatic carbocycles. The smallest absolute Gasteiger partial charge is 0.239 e. The van der Waals surface area contributed by atoms with E-state index in [2.05, 4.69) is 17.1 Å². The number of amides is 1. The summed E-state index contributed by atoms with van der Waals surface area (Å²) in [5.74, 6) is 1.58. The molecule has 2 fully saturated rings. The highest BCUT2D eigenvalue weighted by Gasteiger charge is 2.32. The van der Waals surface area contributed by atoms with Crippen LogP contribution in [0.3, 0.4) is 0 Å². The lowest BCUT2D eigenvalue weighted by Crippen LogP contribution is -2.48. The van der Waals surface area contributed by atoms with Crippen molar-refractivity contribution < 1.29 is 4.79 Å². The molecule has 2 aliphatic rings. The van der Waals surface area contributed by atoms with Gasteiger partial charge in [0.2, 0.25) is 5.91 Å². The van der Waals surface area contributed by atoms with Crippen LogP contribution in [0.4, 0.5) is 0 Å². The zero-order valence-corrected chi connectivity index (χ0v) is 11.2. The molecular weight excluding hydrogens is 212 g/mol. The Hall–Kier alpha value is -0.570. The summed E-state index contributed by atoms with van der Waals surface area (Å²) in [4.78, 5) is 14.6. The lowest BCUT2D eigenvalue weighted by Gasteiger charge is -2.28. The summed E-state index contributed by atoms with van der Waals surface area (Å²) in [6.45, 7) is 4.17. The highest BCUT2D eigenvalue weighted by atomic mass is 16.2. The van der Waals surface area contributed by atoms with Gasteiger partial charge in [-0.25, -0.2) is 0 Å². The second-order valence-electron chi connectivity index (χ2n) is 5.82. The molecule has 3 heteroatoms. The third kappa shape index (κ3) is 3.01. The second-order valence-corrected chi connectivity index (χ2v) is 5.82. The van der Waals surface area contributed by atoms with Crippen LogP contribution in [0.5, 0.6) is 0 Å². The topological polar surface area (TPSA) is 32.3 Å². The van der Waals surface area contributed by atoms with Gasteiger partial charge < -0.3 is 10.2 Å². The lowest BCUT2D eigenvalue weighted by molar-refractivity contribution is -0.134. The summed E-state index contributed by atoms with van der Waals surface area (Å²) in [5, 5.41) is 3.21. The number of nitrogens with zero attached hydrogens (tertiary/aromatic N) is 1. The fraction of sp³-hybridized carbons (Fsp3) is 0.929. The minimum atomic E-state index is 0.0407. The molecule has 2 atom stereocenters. The van der Waals surface area contributed by atoms with Gasteiger partial charge in [-0.3, -0.25) is 4.79 Å². The molecule has 2 rings (SSSR count). The predicted octanol–water partition coefficient (Wildman–Crippen LogP) is 2.02. The van der Waals surface area contributed by atoms with Crippen molar-refractivity contribution >= 4 is 5.91 Å². The van der Waals surface area contributed by atoms with Crippen molar-refractivity contribution in [2.75, 3.05) is 20.1 Å². The molecule has 0 aromatic heterocycles. The number of likely N-dealkylation sites (tertiary alicyclic amines) is 1. The minimum Gasteiger partial charge on any atom is -0.341 e. The van der Waals surface area contributed by atoms with E-state index in [-0.39, 0.29) is 6.04 Å². The van der Waals surface area contributed by atoms with Gasteiger partial charge in [0.1, 0.15) is 0 Å². The largest absolute Gasteiger partial charge is 0.341 e. The van der Waals surface area contributed by atoms with Crippen LogP contribution in [0, 0.1) is 11.8 Å². The molecule has 1 saturated carbocycles. The average molecular weight is 238 g/mol. The first-order valence-corrected chi connectivity index (χ1v) is 7.18. The monoisotopic (exact) mass is 238 g/mol. The average Bonchev–Trinajstić information content (AvgIpc) is 2.76. The van der Waals surface area contributed by atoms with E-state index in [4.69, 9.17) is 0 Å². The molecule has 2 unspecified atom stereocenters. The summed E-state index contributed by atoms with van der Waals surface area (Å²) in [6, 6.07) is 0.0407. The van der Waals surface area contributed by atoms with Crippen molar-refractivity contribution in [3.05, 3.63) is 0 Å². The molecule has 3 nitrogen and oxygen atoms in total. The number of carbonyl (C=O) groups excluding carboxylic acids is 1. The molecule has 0 bridgehead atoms. The van der Waals surface area contributed by atoms with Crippen LogP contribution in [0.15, 0.2) is 0 Å². The summed E-state index contributed by atoms with van der Waals surface area (Å²) >= 11 is 0. The Morgan fingerprint density at radius 1 is 1.24 bits per heavy atom. The standard InChI is InChI=1S/C14H26N2O/c1-11-6-5-9-16(14(17)13(11)15-2)10-12-7-3-4-8-12/h11-13,15H,3-10H2,1-2H3. The van der Waals surface area contributed by atoms with E-state index in [1.54, 1.807) is 0 Å². The third-order valence-electron chi connectivity index (χ3n) is 4.50. The van der Waals surface area contributed by atoms with Crippen LogP contribution in [0.2, 0.25) is 0 Å². The number of nitrogens with one attached hydrogen (secondary N) is 1. The first kappa shape index (κ1) is 12.9. The summed E-state index contributed by atoms with van der Waals surface area (Å²) < 4.78 is 0. The zero-order valence-electron chi connectivity index (χ0n) is 11.2. The number of rotatable bonds is 3. The normalized spacial score (nSPS) is 31.9. The van der Waals surface area contributed by atoms with Gasteiger partial charge in [0.05, 0.1) is 6.04 Å².